The van der Waals surface area contributed by atoms with Crippen molar-refractivity contribution in [2.45, 2.75) is 0 Å². The topological polar surface area (TPSA) is 81.3 Å². The lowest BCUT2D eigenvalue weighted by Crippen LogP contribution is -1.85. The summed E-state index contributed by atoms with van der Waals surface area (Å²) in [7, 11) is 1.49. The maximum atomic E-state index is 9.78. The summed E-state index contributed by atoms with van der Waals surface area (Å²) in [5.74, 6) is 1.13. The van der Waals surface area contributed by atoms with Gasteiger partial charge in [-0.05, 0) is 40.2 Å². The summed E-state index contributed by atoms with van der Waals surface area (Å²) >= 11 is 3.34. The molecule has 3 aromatic rings. The van der Waals surface area contributed by atoms with Gasteiger partial charge >= 0.3 is 0 Å². The Morgan fingerprint density at radius 3 is 2.76 bits per heavy atom. The van der Waals surface area contributed by atoms with E-state index in [2.05, 4.69) is 31.1 Å². The van der Waals surface area contributed by atoms with Gasteiger partial charge < -0.3 is 14.4 Å². The van der Waals surface area contributed by atoms with Gasteiger partial charge in [-0.1, -0.05) is 5.16 Å². The molecule has 0 atom stereocenters. The van der Waals surface area contributed by atoms with Crippen LogP contribution in [0.4, 0.5) is 0 Å². The zero-order chi connectivity index (χ0) is 14.8. The van der Waals surface area contributed by atoms with Gasteiger partial charge in [-0.2, -0.15) is 4.98 Å². The minimum Gasteiger partial charge on any atom is -0.504 e. The Hall–Kier alpha value is -2.41. The van der Waals surface area contributed by atoms with Crippen LogP contribution in [0.25, 0.3) is 22.8 Å². The molecule has 0 fully saturated rings. The molecule has 106 valence electrons. The summed E-state index contributed by atoms with van der Waals surface area (Å²) in [6.45, 7) is 0. The van der Waals surface area contributed by atoms with Crippen LogP contribution in [0, 0.1) is 0 Å². The minimum absolute atomic E-state index is 0.0128. The molecular weight excluding hydrogens is 338 g/mol. The Kier molecular flexibility index (Phi) is 3.57. The molecule has 1 N–H and O–H groups in total. The first-order chi connectivity index (χ1) is 10.2. The van der Waals surface area contributed by atoms with E-state index in [0.717, 1.165) is 10.0 Å². The Bertz CT molecular complexity index is 789. The lowest BCUT2D eigenvalue weighted by molar-refractivity contribution is 0.373. The maximum absolute atomic E-state index is 9.78. The fourth-order valence-electron chi connectivity index (χ4n) is 1.82. The first-order valence-electron chi connectivity index (χ1n) is 5.99. The quantitative estimate of drug-likeness (QED) is 0.782. The molecule has 7 heteroatoms. The van der Waals surface area contributed by atoms with E-state index in [-0.39, 0.29) is 5.75 Å². The third-order valence-corrected chi connectivity index (χ3v) is 3.25. The number of hydrogen-bond acceptors (Lipinski definition) is 6. The zero-order valence-electron chi connectivity index (χ0n) is 10.9. The smallest absolute Gasteiger partial charge is 0.258 e. The summed E-state index contributed by atoms with van der Waals surface area (Å²) in [5.41, 5.74) is 1.34. The lowest BCUT2D eigenvalue weighted by atomic mass is 10.2. The van der Waals surface area contributed by atoms with E-state index in [4.69, 9.17) is 9.26 Å². The predicted molar refractivity (Wildman–Crippen MR) is 78.9 cm³/mol. The summed E-state index contributed by atoms with van der Waals surface area (Å²) < 4.78 is 11.0. The van der Waals surface area contributed by atoms with Crippen molar-refractivity contribution >= 4 is 15.9 Å². The van der Waals surface area contributed by atoms with Gasteiger partial charge in [0.25, 0.3) is 5.89 Å². The zero-order valence-corrected chi connectivity index (χ0v) is 12.5. The molecule has 0 aliphatic carbocycles. The molecule has 2 heterocycles. The van der Waals surface area contributed by atoms with E-state index in [1.165, 1.54) is 13.2 Å². The molecule has 0 aliphatic rings. The van der Waals surface area contributed by atoms with E-state index in [9.17, 15) is 5.11 Å². The second kappa shape index (κ2) is 5.53. The molecule has 0 unspecified atom stereocenters. The van der Waals surface area contributed by atoms with Gasteiger partial charge in [0.15, 0.2) is 11.5 Å². The number of aromatic hydroxyl groups is 1. The van der Waals surface area contributed by atoms with Crippen LogP contribution in [0.15, 0.2) is 45.7 Å². The van der Waals surface area contributed by atoms with E-state index in [1.807, 2.05) is 6.07 Å². The number of rotatable bonds is 3. The Labute approximate surface area is 128 Å². The fourth-order valence-corrected chi connectivity index (χ4v) is 2.18. The standard InChI is InChI=1S/C14H10BrN3O3/c1-20-12-3-2-8(5-11(12)19)14-17-13(18-21-14)9-4-10(15)7-16-6-9/h2-7,19H,1H3. The first kappa shape index (κ1) is 13.6. The number of pyridine rings is 1. The van der Waals surface area contributed by atoms with Gasteiger partial charge in [0.1, 0.15) is 0 Å². The number of phenols is 1. The summed E-state index contributed by atoms with van der Waals surface area (Å²) in [4.78, 5) is 8.35. The third-order valence-electron chi connectivity index (χ3n) is 2.81. The van der Waals surface area contributed by atoms with Crippen LogP contribution in [0.3, 0.4) is 0 Å². The highest BCUT2D eigenvalue weighted by Crippen LogP contribution is 2.31. The molecule has 0 amide bonds. The number of aromatic nitrogens is 3. The van der Waals surface area contributed by atoms with Gasteiger partial charge in [-0.15, -0.1) is 0 Å². The normalized spacial score (nSPS) is 10.6. The molecule has 3 rings (SSSR count). The van der Waals surface area contributed by atoms with Crippen molar-refractivity contribution in [1.29, 1.82) is 0 Å². The number of hydrogen-bond donors (Lipinski definition) is 1. The van der Waals surface area contributed by atoms with Crippen molar-refractivity contribution in [2.75, 3.05) is 7.11 Å². The average molecular weight is 348 g/mol. The number of ether oxygens (including phenoxy) is 1. The first-order valence-corrected chi connectivity index (χ1v) is 6.78. The van der Waals surface area contributed by atoms with Crippen LogP contribution >= 0.6 is 15.9 Å². The van der Waals surface area contributed by atoms with E-state index in [0.29, 0.717) is 23.0 Å². The van der Waals surface area contributed by atoms with Gasteiger partial charge in [0.2, 0.25) is 5.82 Å². The van der Waals surface area contributed by atoms with Crippen LogP contribution in [0.5, 0.6) is 11.5 Å². The molecule has 2 aromatic heterocycles. The van der Waals surface area contributed by atoms with Crippen molar-refractivity contribution in [2.24, 2.45) is 0 Å². The molecule has 0 radical (unpaired) electrons. The van der Waals surface area contributed by atoms with Crippen LogP contribution < -0.4 is 4.74 Å². The Balaban J connectivity index is 1.96. The molecule has 0 saturated carbocycles. The molecule has 0 bridgehead atoms. The second-order valence-electron chi connectivity index (χ2n) is 4.20. The van der Waals surface area contributed by atoms with E-state index < -0.39 is 0 Å². The predicted octanol–water partition coefficient (Wildman–Crippen LogP) is 3.28. The average Bonchev–Trinajstić information content (AvgIpc) is 2.97. The lowest BCUT2D eigenvalue weighted by Gasteiger charge is -2.03. The highest BCUT2D eigenvalue weighted by Gasteiger charge is 2.13. The van der Waals surface area contributed by atoms with Gasteiger partial charge in [-0.25, -0.2) is 0 Å². The molecule has 21 heavy (non-hydrogen) atoms. The Morgan fingerprint density at radius 2 is 2.05 bits per heavy atom. The number of nitrogens with zero attached hydrogens (tertiary/aromatic N) is 3. The summed E-state index contributed by atoms with van der Waals surface area (Å²) in [6.07, 6.45) is 3.32. The Morgan fingerprint density at radius 1 is 1.19 bits per heavy atom. The SMILES string of the molecule is COc1ccc(-c2nc(-c3cncc(Br)c3)no2)cc1O. The third kappa shape index (κ3) is 2.73. The highest BCUT2D eigenvalue weighted by atomic mass is 79.9. The summed E-state index contributed by atoms with van der Waals surface area (Å²) in [5, 5.41) is 13.7. The number of halogens is 1. The van der Waals surface area contributed by atoms with Gasteiger partial charge in [0.05, 0.1) is 7.11 Å². The van der Waals surface area contributed by atoms with Crippen molar-refractivity contribution in [3.8, 4) is 34.3 Å². The largest absolute Gasteiger partial charge is 0.504 e. The van der Waals surface area contributed by atoms with Crippen molar-refractivity contribution in [3.05, 3.63) is 41.1 Å². The van der Waals surface area contributed by atoms with E-state index >= 15 is 0 Å². The number of benzene rings is 1. The monoisotopic (exact) mass is 347 g/mol. The van der Waals surface area contributed by atoms with Crippen LogP contribution in [0.2, 0.25) is 0 Å². The van der Waals surface area contributed by atoms with E-state index in [1.54, 1.807) is 24.5 Å². The van der Waals surface area contributed by atoms with Crippen LogP contribution in [-0.4, -0.2) is 27.3 Å². The molecule has 0 spiro atoms. The van der Waals surface area contributed by atoms with Gasteiger partial charge in [0, 0.05) is 28.0 Å². The molecule has 6 nitrogen and oxygen atoms in total. The van der Waals surface area contributed by atoms with Crippen molar-refractivity contribution < 1.29 is 14.4 Å². The molecule has 1 aromatic carbocycles. The summed E-state index contributed by atoms with van der Waals surface area (Å²) in [6, 6.07) is 6.71. The molecule has 0 saturated heterocycles. The number of methoxy groups -OCH3 is 1. The highest BCUT2D eigenvalue weighted by molar-refractivity contribution is 9.10. The second-order valence-corrected chi connectivity index (χ2v) is 5.12. The van der Waals surface area contributed by atoms with Crippen molar-refractivity contribution in [1.82, 2.24) is 15.1 Å². The minimum atomic E-state index is 0.0128. The van der Waals surface area contributed by atoms with Crippen LogP contribution in [0.1, 0.15) is 0 Å². The molecule has 0 aliphatic heterocycles. The maximum Gasteiger partial charge on any atom is 0.258 e. The van der Waals surface area contributed by atoms with Crippen molar-refractivity contribution in [3.63, 3.8) is 0 Å². The number of phenolic OH excluding ortho intramolecular Hbond substituents is 1. The molecular formula is C14H10BrN3O3. The fraction of sp³-hybridized carbons (Fsp3) is 0.0714. The van der Waals surface area contributed by atoms with Crippen LogP contribution in [-0.2, 0) is 0 Å². The van der Waals surface area contributed by atoms with Gasteiger partial charge in [-0.3, -0.25) is 4.98 Å².